The van der Waals surface area contributed by atoms with Crippen LogP contribution in [0.2, 0.25) is 0 Å². The molecule has 0 radical (unpaired) electrons. The van der Waals surface area contributed by atoms with Crippen molar-refractivity contribution in [1.82, 2.24) is 21.0 Å². The number of phenolic OH excluding ortho intramolecular Hbond substituents is 1. The van der Waals surface area contributed by atoms with Crippen molar-refractivity contribution in [3.8, 4) is 5.75 Å². The van der Waals surface area contributed by atoms with E-state index in [4.69, 9.17) is 20.9 Å². The maximum atomic E-state index is 14.4. The second kappa shape index (κ2) is 18.1. The van der Waals surface area contributed by atoms with Crippen molar-refractivity contribution >= 4 is 41.7 Å². The van der Waals surface area contributed by atoms with E-state index in [0.29, 0.717) is 11.8 Å². The van der Waals surface area contributed by atoms with Crippen molar-refractivity contribution in [1.29, 1.82) is 0 Å². The number of aldehydes is 1. The van der Waals surface area contributed by atoms with E-state index in [1.807, 2.05) is 5.43 Å². The predicted molar refractivity (Wildman–Crippen MR) is 180 cm³/mol. The van der Waals surface area contributed by atoms with Gasteiger partial charge in [-0.1, -0.05) is 32.1 Å². The van der Waals surface area contributed by atoms with E-state index in [9.17, 15) is 33.9 Å². The van der Waals surface area contributed by atoms with E-state index in [0.717, 1.165) is 0 Å². The summed E-state index contributed by atoms with van der Waals surface area (Å²) in [4.78, 5) is 79.1. The first-order chi connectivity index (χ1) is 22.9. The fourth-order valence-electron chi connectivity index (χ4n) is 5.25. The van der Waals surface area contributed by atoms with Gasteiger partial charge in [-0.15, -0.1) is 11.7 Å². The van der Waals surface area contributed by atoms with E-state index >= 15 is 0 Å². The molecule has 0 spiro atoms. The highest BCUT2D eigenvalue weighted by Crippen LogP contribution is 2.28. The third-order valence-electron chi connectivity index (χ3n) is 7.43. The smallest absolute Gasteiger partial charge is 0.332 e. The molecule has 1 saturated heterocycles. The number of carbonyl (C=O) groups excluding carboxylic acids is 6. The van der Waals surface area contributed by atoms with Crippen LogP contribution in [0.1, 0.15) is 53.5 Å². The number of aromatic hydroxyl groups is 1. The van der Waals surface area contributed by atoms with Crippen LogP contribution < -0.4 is 27.5 Å². The Morgan fingerprint density at radius 2 is 1.78 bits per heavy atom. The van der Waals surface area contributed by atoms with Gasteiger partial charge in [0.15, 0.2) is 5.78 Å². The van der Waals surface area contributed by atoms with E-state index in [1.54, 1.807) is 46.8 Å². The number of nitrogens with one attached hydrogen (secondary N) is 3. The van der Waals surface area contributed by atoms with Gasteiger partial charge in [0.2, 0.25) is 23.6 Å². The minimum Gasteiger partial charge on any atom is -0.508 e. The number of nitrogens with two attached hydrogens (primary N) is 2. The molecule has 16 heteroatoms. The monoisotopic (exact) mass is 687 g/mol. The van der Waals surface area contributed by atoms with Gasteiger partial charge in [0.1, 0.15) is 35.6 Å². The fraction of sp³-hybridized carbons (Fsp3) is 0.545. The first kappa shape index (κ1) is 40.3. The molecular weight excluding hydrogens is 638 g/mol. The molecule has 16 nitrogen and oxygen atoms in total. The third kappa shape index (κ3) is 12.3. The van der Waals surface area contributed by atoms with Crippen LogP contribution in [0.15, 0.2) is 42.0 Å². The minimum absolute atomic E-state index is 0.000662. The molecule has 49 heavy (non-hydrogen) atoms. The highest BCUT2D eigenvalue weighted by Gasteiger charge is 2.48. The number of rotatable bonds is 16. The molecule has 0 aliphatic carbocycles. The number of ether oxygens (including phenoxy) is 2. The number of benzene rings is 1. The first-order valence-electron chi connectivity index (χ1n) is 15.8. The number of Topliss-reactive ketones (excluding diaryl/α,β-unsaturated/α-hetero) is 1. The molecule has 8 N–H and O–H groups in total. The minimum atomic E-state index is -1.55. The van der Waals surface area contributed by atoms with Crippen molar-refractivity contribution in [2.24, 2.45) is 28.4 Å². The Hall–Kier alpha value is -4.83. The Labute approximate surface area is 286 Å². The van der Waals surface area contributed by atoms with Crippen LogP contribution in [0, 0.1) is 11.8 Å². The summed E-state index contributed by atoms with van der Waals surface area (Å²) in [5.74, 6) is -4.86. The van der Waals surface area contributed by atoms with Gasteiger partial charge in [0.25, 0.3) is 0 Å². The molecule has 6 atom stereocenters. The second-order valence-corrected chi connectivity index (χ2v) is 13.1. The van der Waals surface area contributed by atoms with Gasteiger partial charge < -0.3 is 46.4 Å². The number of primary amides is 1. The lowest BCUT2D eigenvalue weighted by molar-refractivity contribution is -0.143. The maximum Gasteiger partial charge on any atom is 0.332 e. The number of likely N-dealkylation sites (tertiary alicyclic amines) is 1. The zero-order valence-corrected chi connectivity index (χ0v) is 28.8. The van der Waals surface area contributed by atoms with Crippen molar-refractivity contribution < 1.29 is 43.3 Å². The average molecular weight is 688 g/mol. The summed E-state index contributed by atoms with van der Waals surface area (Å²) in [7, 11) is 0. The molecule has 1 aliphatic rings. The summed E-state index contributed by atoms with van der Waals surface area (Å²) in [6.45, 7) is 13.3. The Bertz CT molecular complexity index is 1390. The van der Waals surface area contributed by atoms with E-state index in [-0.39, 0.29) is 37.6 Å². The van der Waals surface area contributed by atoms with Crippen molar-refractivity contribution in [2.75, 3.05) is 13.2 Å². The molecule has 5 amide bonds. The van der Waals surface area contributed by atoms with Crippen LogP contribution >= 0.6 is 0 Å². The number of carbonyl (C=O) groups is 6. The average Bonchev–Trinajstić information content (AvgIpc) is 3.44. The zero-order chi connectivity index (χ0) is 37.1. The molecule has 1 unspecified atom stereocenters. The normalized spacial score (nSPS) is 18.9. The fourth-order valence-corrected chi connectivity index (χ4v) is 5.25. The zero-order valence-electron chi connectivity index (χ0n) is 28.8. The summed E-state index contributed by atoms with van der Waals surface area (Å²) in [6.07, 6.45) is 1.27. The molecule has 1 fully saturated rings. The quantitative estimate of drug-likeness (QED) is 0.0455. The number of ketones is 1. The predicted octanol–water partition coefficient (Wildman–Crippen LogP) is 0.261. The number of hydrazone groups is 1. The van der Waals surface area contributed by atoms with E-state index in [1.165, 1.54) is 30.0 Å². The van der Waals surface area contributed by atoms with Crippen LogP contribution in [0.4, 0.5) is 4.79 Å². The Morgan fingerprint density at radius 3 is 2.29 bits per heavy atom. The van der Waals surface area contributed by atoms with Crippen LogP contribution in [-0.2, 0) is 39.9 Å². The van der Waals surface area contributed by atoms with Gasteiger partial charge in [-0.05, 0) is 44.4 Å². The van der Waals surface area contributed by atoms with Gasteiger partial charge in [-0.3, -0.25) is 19.2 Å². The molecule has 0 aromatic heterocycles. The van der Waals surface area contributed by atoms with Gasteiger partial charge in [-0.25, -0.2) is 10.2 Å². The van der Waals surface area contributed by atoms with Crippen LogP contribution in [-0.4, -0.2) is 101 Å². The number of nitrogens with zero attached hydrogens (tertiary/aromatic N) is 2. The lowest BCUT2D eigenvalue weighted by Crippen LogP contribution is -2.59. The summed E-state index contributed by atoms with van der Waals surface area (Å²) in [6, 6.07) is 0.0974. The summed E-state index contributed by atoms with van der Waals surface area (Å²) in [5.41, 5.74) is 13.0. The summed E-state index contributed by atoms with van der Waals surface area (Å²) in [5, 5.41) is 18.8. The van der Waals surface area contributed by atoms with Crippen LogP contribution in [0.3, 0.4) is 0 Å². The molecule has 1 aromatic carbocycles. The molecule has 1 aliphatic heterocycles. The SMILES string of the molecule is C=CCO[C@@H]1C[C@@H](C(=O)C(C(=NNC(N)=O)OC(C)(C)C)[C@H](N)C=O)N(C(=O)[C@@H](NC(=O)[C@H](Cc2ccc(O)cc2)NC(C)=O)C(C)C)C1. The van der Waals surface area contributed by atoms with Crippen molar-refractivity contribution in [2.45, 2.75) is 90.3 Å². The Morgan fingerprint density at radius 1 is 1.14 bits per heavy atom. The topological polar surface area (TPSA) is 245 Å². The molecule has 270 valence electrons. The van der Waals surface area contributed by atoms with Crippen LogP contribution in [0.25, 0.3) is 0 Å². The van der Waals surface area contributed by atoms with Gasteiger partial charge in [0.05, 0.1) is 24.8 Å². The van der Waals surface area contributed by atoms with E-state index < -0.39 is 77.2 Å². The van der Waals surface area contributed by atoms with Crippen molar-refractivity contribution in [3.05, 3.63) is 42.5 Å². The molecule has 0 bridgehead atoms. The highest BCUT2D eigenvalue weighted by molar-refractivity contribution is 6.08. The second-order valence-electron chi connectivity index (χ2n) is 13.1. The first-order valence-corrected chi connectivity index (χ1v) is 15.8. The van der Waals surface area contributed by atoms with Gasteiger partial charge >= 0.3 is 6.03 Å². The molecule has 1 heterocycles. The Kier molecular flexibility index (Phi) is 14.9. The van der Waals surface area contributed by atoms with Gasteiger partial charge in [-0.2, -0.15) is 0 Å². The molecular formula is C33H49N7O9. The highest BCUT2D eigenvalue weighted by atomic mass is 16.5. The number of hydrogen-bond acceptors (Lipinski definition) is 11. The maximum absolute atomic E-state index is 14.4. The number of amides is 5. The van der Waals surface area contributed by atoms with E-state index in [2.05, 4.69) is 22.3 Å². The number of hydrogen-bond donors (Lipinski definition) is 6. The number of phenols is 1. The Balaban J connectivity index is 2.52. The third-order valence-corrected chi connectivity index (χ3v) is 7.43. The van der Waals surface area contributed by atoms with Crippen LogP contribution in [0.5, 0.6) is 5.75 Å². The summed E-state index contributed by atoms with van der Waals surface area (Å²) < 4.78 is 11.7. The largest absolute Gasteiger partial charge is 0.508 e. The standard InChI is InChI=1S/C33H49N7O9/c1-8-13-48-22-15-25(28(44)26(23(34)17-41)30(38-39-32(35)47)49-33(5,6)7)40(16-22)31(46)27(18(2)3)37-29(45)24(36-19(4)42)14-20-9-11-21(43)12-10-20/h8-12,17-18,22-27,43H,1,13-16,34H2,2-7H3,(H,36,42)(H,37,45)(H3,35,39,47)/t22-,23-,24+,25+,26?,27+/m1/s1. The molecule has 2 rings (SSSR count). The number of urea groups is 1. The molecule has 0 saturated carbocycles. The lowest BCUT2D eigenvalue weighted by Gasteiger charge is -2.34. The molecule has 1 aromatic rings. The van der Waals surface area contributed by atoms with Crippen molar-refractivity contribution in [3.63, 3.8) is 0 Å². The lowest BCUT2D eigenvalue weighted by atomic mass is 9.89. The van der Waals surface area contributed by atoms with Gasteiger partial charge in [0, 0.05) is 26.3 Å². The summed E-state index contributed by atoms with van der Waals surface area (Å²) >= 11 is 0.